The SMILES string of the molecule is CNc1ncnc(NCc2cnc(C)s2)c1Br. The minimum Gasteiger partial charge on any atom is -0.372 e. The molecule has 0 saturated carbocycles. The van der Waals surface area contributed by atoms with Crippen LogP contribution in [0.4, 0.5) is 11.6 Å². The minimum atomic E-state index is 0.713. The maximum atomic E-state index is 4.21. The summed E-state index contributed by atoms with van der Waals surface area (Å²) in [6.45, 7) is 2.71. The molecule has 0 aliphatic rings. The van der Waals surface area contributed by atoms with Crippen LogP contribution in [-0.4, -0.2) is 22.0 Å². The van der Waals surface area contributed by atoms with Gasteiger partial charge in [-0.2, -0.15) is 0 Å². The zero-order valence-electron chi connectivity index (χ0n) is 9.49. The maximum Gasteiger partial charge on any atom is 0.146 e. The van der Waals surface area contributed by atoms with E-state index in [0.717, 1.165) is 21.1 Å². The Labute approximate surface area is 112 Å². The summed E-state index contributed by atoms with van der Waals surface area (Å²) in [6, 6.07) is 0. The molecule has 0 amide bonds. The monoisotopic (exact) mass is 313 g/mol. The second-order valence-corrected chi connectivity index (χ2v) is 5.45. The van der Waals surface area contributed by atoms with Crippen molar-refractivity contribution in [3.63, 3.8) is 0 Å². The number of nitrogens with one attached hydrogen (secondary N) is 2. The Morgan fingerprint density at radius 2 is 2.06 bits per heavy atom. The summed E-state index contributed by atoms with van der Waals surface area (Å²) in [5, 5.41) is 7.31. The Hall–Kier alpha value is -1.21. The summed E-state index contributed by atoms with van der Waals surface area (Å²) in [5.41, 5.74) is 0. The topological polar surface area (TPSA) is 62.7 Å². The predicted octanol–water partition coefficient (Wildman–Crippen LogP) is 2.66. The van der Waals surface area contributed by atoms with Crippen LogP contribution in [0.15, 0.2) is 17.0 Å². The Balaban J connectivity index is 2.09. The normalized spacial score (nSPS) is 10.3. The van der Waals surface area contributed by atoms with Crippen molar-refractivity contribution < 1.29 is 0 Å². The highest BCUT2D eigenvalue weighted by Crippen LogP contribution is 2.26. The summed E-state index contributed by atoms with van der Waals surface area (Å²) in [6.07, 6.45) is 3.40. The number of halogens is 1. The number of nitrogens with zero attached hydrogens (tertiary/aromatic N) is 3. The van der Waals surface area contributed by atoms with Crippen LogP contribution in [0.5, 0.6) is 0 Å². The molecule has 2 aromatic rings. The smallest absolute Gasteiger partial charge is 0.146 e. The lowest BCUT2D eigenvalue weighted by Gasteiger charge is -2.08. The molecule has 0 saturated heterocycles. The van der Waals surface area contributed by atoms with Gasteiger partial charge in [0, 0.05) is 18.1 Å². The van der Waals surface area contributed by atoms with E-state index in [9.17, 15) is 0 Å². The van der Waals surface area contributed by atoms with Crippen LogP contribution in [0.1, 0.15) is 9.88 Å². The highest BCUT2D eigenvalue weighted by molar-refractivity contribution is 9.10. The largest absolute Gasteiger partial charge is 0.372 e. The second-order valence-electron chi connectivity index (χ2n) is 3.33. The number of hydrogen-bond donors (Lipinski definition) is 2. The average molecular weight is 314 g/mol. The highest BCUT2D eigenvalue weighted by Gasteiger charge is 2.07. The van der Waals surface area contributed by atoms with E-state index < -0.39 is 0 Å². The van der Waals surface area contributed by atoms with E-state index >= 15 is 0 Å². The molecule has 17 heavy (non-hydrogen) atoms. The molecule has 90 valence electrons. The van der Waals surface area contributed by atoms with E-state index in [1.54, 1.807) is 11.3 Å². The first-order valence-electron chi connectivity index (χ1n) is 5.04. The van der Waals surface area contributed by atoms with E-state index in [1.807, 2.05) is 20.2 Å². The Morgan fingerprint density at radius 1 is 1.29 bits per heavy atom. The van der Waals surface area contributed by atoms with Crippen LogP contribution in [-0.2, 0) is 6.54 Å². The molecule has 0 spiro atoms. The predicted molar refractivity (Wildman–Crippen MR) is 73.5 cm³/mol. The first-order valence-corrected chi connectivity index (χ1v) is 6.65. The molecule has 2 rings (SSSR count). The zero-order valence-corrected chi connectivity index (χ0v) is 11.9. The van der Waals surface area contributed by atoms with Crippen LogP contribution in [0, 0.1) is 6.92 Å². The minimum absolute atomic E-state index is 0.713. The van der Waals surface area contributed by atoms with Crippen LogP contribution in [0.25, 0.3) is 0 Å². The van der Waals surface area contributed by atoms with Crippen molar-refractivity contribution in [3.8, 4) is 0 Å². The molecule has 0 aliphatic heterocycles. The van der Waals surface area contributed by atoms with Gasteiger partial charge in [0.2, 0.25) is 0 Å². The fraction of sp³-hybridized carbons (Fsp3) is 0.300. The van der Waals surface area contributed by atoms with Crippen molar-refractivity contribution in [2.45, 2.75) is 13.5 Å². The number of aryl methyl sites for hydroxylation is 1. The summed E-state index contributed by atoms with van der Waals surface area (Å²) in [7, 11) is 1.82. The third kappa shape index (κ3) is 2.92. The third-order valence-corrected chi connectivity index (χ3v) is 3.79. The van der Waals surface area contributed by atoms with Gasteiger partial charge in [0.05, 0.1) is 11.6 Å². The summed E-state index contributed by atoms with van der Waals surface area (Å²) >= 11 is 5.13. The molecule has 0 aromatic carbocycles. The molecule has 0 aliphatic carbocycles. The van der Waals surface area contributed by atoms with Crippen LogP contribution in [0.3, 0.4) is 0 Å². The lowest BCUT2D eigenvalue weighted by Crippen LogP contribution is -2.03. The summed E-state index contributed by atoms with van der Waals surface area (Å²) in [5.74, 6) is 1.54. The van der Waals surface area contributed by atoms with Crippen molar-refractivity contribution in [2.75, 3.05) is 17.7 Å². The molecular formula is C10H12BrN5S. The average Bonchev–Trinajstić information content (AvgIpc) is 2.74. The van der Waals surface area contributed by atoms with Gasteiger partial charge in [-0.25, -0.2) is 15.0 Å². The molecule has 0 radical (unpaired) electrons. The Kier molecular flexibility index (Phi) is 3.90. The quantitative estimate of drug-likeness (QED) is 0.908. The second kappa shape index (κ2) is 5.42. The van der Waals surface area contributed by atoms with Gasteiger partial charge in [-0.1, -0.05) is 0 Å². The van der Waals surface area contributed by atoms with Crippen molar-refractivity contribution in [1.82, 2.24) is 15.0 Å². The van der Waals surface area contributed by atoms with Crippen molar-refractivity contribution >= 4 is 38.9 Å². The number of thiazole rings is 1. The molecule has 0 unspecified atom stereocenters. The molecule has 0 atom stereocenters. The molecule has 2 aromatic heterocycles. The Bertz CT molecular complexity index is 513. The van der Waals surface area contributed by atoms with Gasteiger partial charge in [0.15, 0.2) is 0 Å². The van der Waals surface area contributed by atoms with Gasteiger partial charge < -0.3 is 10.6 Å². The molecule has 2 heterocycles. The van der Waals surface area contributed by atoms with E-state index in [1.165, 1.54) is 11.2 Å². The van der Waals surface area contributed by atoms with Crippen molar-refractivity contribution in [1.29, 1.82) is 0 Å². The fourth-order valence-corrected chi connectivity index (χ4v) is 2.60. The van der Waals surface area contributed by atoms with Crippen LogP contribution >= 0.6 is 27.3 Å². The molecule has 0 bridgehead atoms. The van der Waals surface area contributed by atoms with E-state index in [0.29, 0.717) is 6.54 Å². The molecule has 0 fully saturated rings. The molecule has 7 heteroatoms. The third-order valence-electron chi connectivity index (χ3n) is 2.13. The van der Waals surface area contributed by atoms with Gasteiger partial charge in [0.25, 0.3) is 0 Å². The zero-order chi connectivity index (χ0) is 12.3. The number of aromatic nitrogens is 3. The fourth-order valence-electron chi connectivity index (χ4n) is 1.33. The number of hydrogen-bond acceptors (Lipinski definition) is 6. The van der Waals surface area contributed by atoms with Gasteiger partial charge in [0.1, 0.15) is 22.4 Å². The summed E-state index contributed by atoms with van der Waals surface area (Å²) < 4.78 is 0.837. The van der Waals surface area contributed by atoms with E-state index in [4.69, 9.17) is 0 Å². The molecule has 2 N–H and O–H groups in total. The lowest BCUT2D eigenvalue weighted by atomic mass is 10.5. The number of rotatable bonds is 4. The van der Waals surface area contributed by atoms with Gasteiger partial charge in [-0.3, -0.25) is 0 Å². The highest BCUT2D eigenvalue weighted by atomic mass is 79.9. The number of anilines is 2. The van der Waals surface area contributed by atoms with Crippen LogP contribution < -0.4 is 10.6 Å². The molecular weight excluding hydrogens is 302 g/mol. The summed E-state index contributed by atoms with van der Waals surface area (Å²) in [4.78, 5) is 13.7. The van der Waals surface area contributed by atoms with Gasteiger partial charge >= 0.3 is 0 Å². The van der Waals surface area contributed by atoms with Crippen LogP contribution in [0.2, 0.25) is 0 Å². The van der Waals surface area contributed by atoms with Gasteiger partial charge in [-0.15, -0.1) is 11.3 Å². The molecule has 5 nitrogen and oxygen atoms in total. The standard InChI is InChI=1S/C10H12BrN5S/c1-6-13-3-7(17-6)4-14-10-8(11)9(12-2)15-5-16-10/h3,5H,4H2,1-2H3,(H2,12,14,15,16). The van der Waals surface area contributed by atoms with Gasteiger partial charge in [-0.05, 0) is 22.9 Å². The maximum absolute atomic E-state index is 4.21. The lowest BCUT2D eigenvalue weighted by molar-refractivity contribution is 1.08. The van der Waals surface area contributed by atoms with Crippen molar-refractivity contribution in [2.24, 2.45) is 0 Å². The first-order chi connectivity index (χ1) is 8.20. The van der Waals surface area contributed by atoms with E-state index in [2.05, 4.69) is 41.5 Å². The van der Waals surface area contributed by atoms with E-state index in [-0.39, 0.29) is 0 Å². The Morgan fingerprint density at radius 3 is 2.71 bits per heavy atom. The van der Waals surface area contributed by atoms with Crippen molar-refractivity contribution in [3.05, 3.63) is 26.9 Å². The first kappa shape index (κ1) is 12.3.